The highest BCUT2D eigenvalue weighted by Gasteiger charge is 2.18. The lowest BCUT2D eigenvalue weighted by molar-refractivity contribution is 0.193. The predicted octanol–water partition coefficient (Wildman–Crippen LogP) is 8.38. The average Bonchev–Trinajstić information content (AvgIpc) is 2.99. The third-order valence-electron chi connectivity index (χ3n) is 7.03. The molecule has 0 aliphatic carbocycles. The number of nitrogens with zero attached hydrogens (tertiary/aromatic N) is 1. The molecule has 0 fully saturated rings. The Balaban J connectivity index is 1.43. The van der Waals surface area contributed by atoms with Crippen LogP contribution >= 0.6 is 23.2 Å². The molecule has 1 heterocycles. The number of benzene rings is 3. The molecule has 230 valence electrons. The van der Waals surface area contributed by atoms with Crippen LogP contribution in [0.15, 0.2) is 79.0 Å². The first-order valence-corrected chi connectivity index (χ1v) is 15.0. The number of ether oxygens (including phenoxy) is 3. The Labute approximate surface area is 268 Å². The highest BCUT2D eigenvalue weighted by Crippen LogP contribution is 2.34. The molecule has 1 unspecified atom stereocenters. The standard InChI is InChI=1S/C35H36Cl2N2O5/c1-23-18-31(36)34(32(37)19-23)44-17-16-43-29-11-8-25(9-12-29)21-28(22-39-35(40)41)30-13-10-27(20-24(30)2)33-26(6-4-14-38-33)7-5-15-42-3/h4-14,18-20,28,39H,15-17,21-22H2,1-3H3,(H,40,41). The van der Waals surface area contributed by atoms with Crippen LogP contribution in [0, 0.1) is 13.8 Å². The van der Waals surface area contributed by atoms with Gasteiger partial charge in [-0.3, -0.25) is 4.98 Å². The molecule has 2 N–H and O–H groups in total. The molecule has 4 rings (SSSR count). The van der Waals surface area contributed by atoms with Gasteiger partial charge in [-0.1, -0.05) is 65.7 Å². The average molecular weight is 636 g/mol. The summed E-state index contributed by atoms with van der Waals surface area (Å²) in [5, 5.41) is 12.8. The molecule has 0 bridgehead atoms. The number of aryl methyl sites for hydroxylation is 2. The fourth-order valence-electron chi connectivity index (χ4n) is 4.98. The predicted molar refractivity (Wildman–Crippen MR) is 176 cm³/mol. The molecule has 0 spiro atoms. The van der Waals surface area contributed by atoms with Crippen molar-refractivity contribution in [3.63, 3.8) is 0 Å². The maximum Gasteiger partial charge on any atom is 0.404 e. The minimum atomic E-state index is -1.05. The van der Waals surface area contributed by atoms with Gasteiger partial charge >= 0.3 is 6.09 Å². The van der Waals surface area contributed by atoms with Gasteiger partial charge in [0.25, 0.3) is 0 Å². The van der Waals surface area contributed by atoms with Crippen molar-refractivity contribution < 1.29 is 24.1 Å². The van der Waals surface area contributed by atoms with E-state index in [1.807, 2.05) is 68.5 Å². The van der Waals surface area contributed by atoms with Crippen molar-refractivity contribution in [2.75, 3.05) is 33.5 Å². The Morgan fingerprint density at radius 3 is 2.41 bits per heavy atom. The van der Waals surface area contributed by atoms with E-state index in [0.717, 1.165) is 39.1 Å². The number of methoxy groups -OCH3 is 1. The van der Waals surface area contributed by atoms with Gasteiger partial charge in [0.1, 0.15) is 19.0 Å². The highest BCUT2D eigenvalue weighted by atomic mass is 35.5. The van der Waals surface area contributed by atoms with Crippen molar-refractivity contribution in [3.8, 4) is 22.8 Å². The second-order valence-corrected chi connectivity index (χ2v) is 11.2. The smallest absolute Gasteiger partial charge is 0.404 e. The topological polar surface area (TPSA) is 89.9 Å². The van der Waals surface area contributed by atoms with Gasteiger partial charge in [0.15, 0.2) is 5.75 Å². The molecular formula is C35H36Cl2N2O5. The summed E-state index contributed by atoms with van der Waals surface area (Å²) in [7, 11) is 1.66. The molecule has 7 nitrogen and oxygen atoms in total. The molecule has 1 amide bonds. The Morgan fingerprint density at radius 1 is 1.00 bits per heavy atom. The fraction of sp³-hybridized carbons (Fsp3) is 0.257. The SMILES string of the molecule is COCC=Cc1cccnc1-c1ccc(C(CNC(=O)O)Cc2ccc(OCCOc3c(Cl)cc(C)cc3Cl)cc2)c(C)c1. The van der Waals surface area contributed by atoms with Crippen LogP contribution in [-0.2, 0) is 11.2 Å². The van der Waals surface area contributed by atoms with Gasteiger partial charge in [-0.2, -0.15) is 0 Å². The zero-order valence-corrected chi connectivity index (χ0v) is 26.5. The maximum atomic E-state index is 11.4. The Morgan fingerprint density at radius 2 is 1.73 bits per heavy atom. The monoisotopic (exact) mass is 634 g/mol. The number of pyridine rings is 1. The molecule has 0 radical (unpaired) electrons. The summed E-state index contributed by atoms with van der Waals surface area (Å²) in [6.45, 7) is 5.36. The van der Waals surface area contributed by atoms with Gasteiger partial charge in [-0.15, -0.1) is 0 Å². The number of hydrogen-bond donors (Lipinski definition) is 2. The third-order valence-corrected chi connectivity index (χ3v) is 7.59. The van der Waals surface area contributed by atoms with E-state index in [9.17, 15) is 9.90 Å². The lowest BCUT2D eigenvalue weighted by Crippen LogP contribution is -2.28. The van der Waals surface area contributed by atoms with E-state index in [-0.39, 0.29) is 19.1 Å². The number of aromatic nitrogens is 1. The Kier molecular flexibility index (Phi) is 12.1. The van der Waals surface area contributed by atoms with Gasteiger partial charge in [-0.05, 0) is 78.9 Å². The first-order valence-electron chi connectivity index (χ1n) is 14.2. The summed E-state index contributed by atoms with van der Waals surface area (Å²) in [6.07, 6.45) is 5.33. The molecule has 44 heavy (non-hydrogen) atoms. The van der Waals surface area contributed by atoms with Crippen LogP contribution in [-0.4, -0.2) is 49.7 Å². The number of rotatable bonds is 14. The third kappa shape index (κ3) is 9.23. The summed E-state index contributed by atoms with van der Waals surface area (Å²) in [5.41, 5.74) is 7.01. The molecule has 1 atom stereocenters. The molecule has 3 aromatic carbocycles. The van der Waals surface area contributed by atoms with Crippen molar-refractivity contribution in [1.82, 2.24) is 10.3 Å². The summed E-state index contributed by atoms with van der Waals surface area (Å²) in [6, 6.07) is 21.5. The molecule has 0 saturated heterocycles. The second-order valence-electron chi connectivity index (χ2n) is 10.4. The quantitative estimate of drug-likeness (QED) is 0.135. The summed E-state index contributed by atoms with van der Waals surface area (Å²) >= 11 is 12.5. The summed E-state index contributed by atoms with van der Waals surface area (Å²) < 4.78 is 16.7. The minimum absolute atomic E-state index is 0.0749. The normalized spacial score (nSPS) is 11.8. The van der Waals surface area contributed by atoms with E-state index in [4.69, 9.17) is 37.4 Å². The molecule has 0 aliphatic rings. The maximum absolute atomic E-state index is 11.4. The zero-order valence-electron chi connectivity index (χ0n) is 25.0. The van der Waals surface area contributed by atoms with Crippen molar-refractivity contribution in [2.24, 2.45) is 0 Å². The zero-order chi connectivity index (χ0) is 31.5. The van der Waals surface area contributed by atoms with Crippen LogP contribution in [0.5, 0.6) is 11.5 Å². The van der Waals surface area contributed by atoms with E-state index in [0.29, 0.717) is 41.2 Å². The summed E-state index contributed by atoms with van der Waals surface area (Å²) in [5.74, 6) is 1.07. The fourth-order valence-corrected chi connectivity index (χ4v) is 5.69. The number of nitrogens with one attached hydrogen (secondary N) is 1. The number of amides is 1. The molecule has 1 aromatic heterocycles. The van der Waals surface area contributed by atoms with Crippen LogP contribution in [0.2, 0.25) is 10.0 Å². The number of carbonyl (C=O) groups is 1. The van der Waals surface area contributed by atoms with Gasteiger partial charge in [-0.25, -0.2) is 4.79 Å². The largest absolute Gasteiger partial charge is 0.490 e. The molecule has 0 aliphatic heterocycles. The lowest BCUT2D eigenvalue weighted by atomic mass is 9.87. The van der Waals surface area contributed by atoms with Crippen molar-refractivity contribution in [3.05, 3.63) is 117 Å². The van der Waals surface area contributed by atoms with Crippen molar-refractivity contribution in [1.29, 1.82) is 0 Å². The van der Waals surface area contributed by atoms with E-state index >= 15 is 0 Å². The molecular weight excluding hydrogens is 599 g/mol. The van der Waals surface area contributed by atoms with Gasteiger partial charge in [0, 0.05) is 36.9 Å². The Bertz CT molecular complexity index is 1570. The first kappa shape index (κ1) is 32.9. The van der Waals surface area contributed by atoms with Gasteiger partial charge in [0.2, 0.25) is 0 Å². The second kappa shape index (κ2) is 16.1. The van der Waals surface area contributed by atoms with E-state index in [1.54, 1.807) is 25.4 Å². The lowest BCUT2D eigenvalue weighted by Gasteiger charge is -2.21. The van der Waals surface area contributed by atoms with Crippen molar-refractivity contribution in [2.45, 2.75) is 26.2 Å². The molecule has 9 heteroatoms. The van der Waals surface area contributed by atoms with Crippen LogP contribution < -0.4 is 14.8 Å². The Hall–Kier alpha value is -4.04. The molecule has 0 saturated carbocycles. The van der Waals surface area contributed by atoms with Crippen LogP contribution in [0.1, 0.15) is 33.7 Å². The van der Waals surface area contributed by atoms with Crippen molar-refractivity contribution >= 4 is 35.4 Å². The van der Waals surface area contributed by atoms with Gasteiger partial charge < -0.3 is 24.6 Å². The van der Waals surface area contributed by atoms with Gasteiger partial charge in [0.05, 0.1) is 22.3 Å². The first-order chi connectivity index (χ1) is 21.2. The molecule has 4 aromatic rings. The van der Waals surface area contributed by atoms with Crippen LogP contribution in [0.4, 0.5) is 4.79 Å². The number of halogens is 2. The minimum Gasteiger partial charge on any atom is -0.490 e. The summed E-state index contributed by atoms with van der Waals surface area (Å²) in [4.78, 5) is 16.0. The van der Waals surface area contributed by atoms with E-state index in [2.05, 4.69) is 22.4 Å². The van der Waals surface area contributed by atoms with E-state index < -0.39 is 6.09 Å². The van der Waals surface area contributed by atoms with Crippen LogP contribution in [0.3, 0.4) is 0 Å². The number of hydrogen-bond acceptors (Lipinski definition) is 5. The number of carboxylic acid groups (broad SMARTS) is 1. The highest BCUT2D eigenvalue weighted by molar-refractivity contribution is 6.37. The van der Waals surface area contributed by atoms with Crippen LogP contribution in [0.25, 0.3) is 17.3 Å². The van der Waals surface area contributed by atoms with E-state index in [1.165, 1.54) is 0 Å².